The number of hydrogen-bond donors (Lipinski definition) is 3. The number of phosphoric acid groups is 1. The molecule has 1 heterocycles. The van der Waals surface area contributed by atoms with E-state index in [1.54, 1.807) is 11.3 Å². The number of rotatable bonds is 6. The summed E-state index contributed by atoms with van der Waals surface area (Å²) >= 11 is 1.77. The lowest BCUT2D eigenvalue weighted by molar-refractivity contribution is 0.185. The van der Waals surface area contributed by atoms with Crippen molar-refractivity contribution in [3.8, 4) is 5.75 Å². The fraction of sp³-hybridized carbons (Fsp3) is 0.300. The molecule has 152 valence electrons. The number of aryl methyl sites for hydroxylation is 1. The Hall–Kier alpha value is -1.73. The topological polar surface area (TPSA) is 90.2 Å². The van der Waals surface area contributed by atoms with Crippen LogP contribution in [0, 0.1) is 6.92 Å². The molecule has 8 heteroatoms. The third kappa shape index (κ3) is 7.36. The van der Waals surface area contributed by atoms with Gasteiger partial charge in [-0.3, -0.25) is 0 Å². The Bertz CT molecular complexity index is 915. The fourth-order valence-corrected chi connectivity index (χ4v) is 3.58. The molecule has 1 unspecified atom stereocenters. The molecular formula is C20H26NO5PS. The highest BCUT2D eigenvalue weighted by Gasteiger charge is 2.16. The molecule has 0 spiro atoms. The van der Waals surface area contributed by atoms with Crippen LogP contribution in [0.25, 0.3) is 10.8 Å². The smallest absolute Gasteiger partial charge is 0.466 e. The summed E-state index contributed by atoms with van der Waals surface area (Å²) in [7, 11) is -0.431. The van der Waals surface area contributed by atoms with Crippen molar-refractivity contribution in [2.75, 3.05) is 20.6 Å². The van der Waals surface area contributed by atoms with E-state index in [0.717, 1.165) is 18.7 Å². The van der Waals surface area contributed by atoms with Crippen molar-refractivity contribution in [2.24, 2.45) is 0 Å². The third-order valence-electron chi connectivity index (χ3n) is 4.07. The summed E-state index contributed by atoms with van der Waals surface area (Å²) in [6, 6.07) is 17.0. The molecule has 0 fully saturated rings. The number of fused-ring (bicyclic) bond motifs is 1. The predicted octanol–water partition coefficient (Wildman–Crippen LogP) is 4.35. The molecule has 3 rings (SSSR count). The molecule has 0 radical (unpaired) electrons. The summed E-state index contributed by atoms with van der Waals surface area (Å²) in [6.07, 6.45) is 1.08. The van der Waals surface area contributed by atoms with Gasteiger partial charge in [0.1, 0.15) is 11.9 Å². The zero-order valence-corrected chi connectivity index (χ0v) is 17.9. The first-order chi connectivity index (χ1) is 13.1. The van der Waals surface area contributed by atoms with Crippen molar-refractivity contribution in [3.63, 3.8) is 0 Å². The number of hydrogen-bond acceptors (Lipinski definition) is 4. The third-order valence-corrected chi connectivity index (χ3v) is 5.03. The molecule has 28 heavy (non-hydrogen) atoms. The minimum absolute atomic E-state index is 0.100. The van der Waals surface area contributed by atoms with Crippen molar-refractivity contribution >= 4 is 29.9 Å². The number of thiophene rings is 1. The van der Waals surface area contributed by atoms with Gasteiger partial charge in [-0.1, -0.05) is 36.4 Å². The maximum Gasteiger partial charge on any atom is 0.466 e. The molecule has 1 aromatic heterocycles. The lowest BCUT2D eigenvalue weighted by Gasteiger charge is -2.21. The molecule has 6 nitrogen and oxygen atoms in total. The molecule has 0 bridgehead atoms. The Kier molecular flexibility index (Phi) is 8.19. The predicted molar refractivity (Wildman–Crippen MR) is 114 cm³/mol. The van der Waals surface area contributed by atoms with Crippen LogP contribution >= 0.6 is 19.2 Å². The highest BCUT2D eigenvalue weighted by molar-refractivity contribution is 7.45. The SMILES string of the molecule is Cc1ccc(OC(CCN(C)C)c2cccs2)c2ccccc12.O=P(O)(O)O. The van der Waals surface area contributed by atoms with E-state index in [1.165, 1.54) is 21.2 Å². The van der Waals surface area contributed by atoms with Crippen LogP contribution in [0.1, 0.15) is 23.0 Å². The molecule has 3 aromatic rings. The van der Waals surface area contributed by atoms with Gasteiger partial charge >= 0.3 is 7.82 Å². The van der Waals surface area contributed by atoms with Crippen molar-refractivity contribution in [3.05, 3.63) is 64.4 Å². The van der Waals surface area contributed by atoms with Crippen LogP contribution in [0.2, 0.25) is 0 Å². The van der Waals surface area contributed by atoms with Crippen molar-refractivity contribution in [1.29, 1.82) is 0 Å². The number of nitrogens with zero attached hydrogens (tertiary/aromatic N) is 1. The Balaban J connectivity index is 0.000000500. The summed E-state index contributed by atoms with van der Waals surface area (Å²) in [5, 5.41) is 4.58. The first-order valence-corrected chi connectivity index (χ1v) is 11.2. The molecule has 0 saturated carbocycles. The Morgan fingerprint density at radius 3 is 2.25 bits per heavy atom. The van der Waals surface area contributed by atoms with Crippen LogP contribution < -0.4 is 4.74 Å². The van der Waals surface area contributed by atoms with Crippen LogP contribution in [-0.4, -0.2) is 40.2 Å². The fourth-order valence-electron chi connectivity index (χ4n) is 2.79. The maximum atomic E-state index is 8.88. The van der Waals surface area contributed by atoms with Crippen molar-refractivity contribution in [1.82, 2.24) is 4.90 Å². The van der Waals surface area contributed by atoms with Crippen molar-refractivity contribution < 1.29 is 24.0 Å². The molecule has 0 aliphatic heterocycles. The van der Waals surface area contributed by atoms with Crippen LogP contribution in [0.15, 0.2) is 53.9 Å². The van der Waals surface area contributed by atoms with Gasteiger partial charge in [0, 0.05) is 23.2 Å². The van der Waals surface area contributed by atoms with Gasteiger partial charge in [0.2, 0.25) is 0 Å². The highest BCUT2D eigenvalue weighted by atomic mass is 32.1. The van der Waals surface area contributed by atoms with E-state index in [1.807, 2.05) is 0 Å². The minimum Gasteiger partial charge on any atom is -0.484 e. The Labute approximate surface area is 169 Å². The van der Waals surface area contributed by atoms with E-state index in [2.05, 4.69) is 79.8 Å². The molecule has 1 atom stereocenters. The largest absolute Gasteiger partial charge is 0.484 e. The zero-order valence-electron chi connectivity index (χ0n) is 16.1. The molecular weight excluding hydrogens is 397 g/mol. The standard InChI is InChI=1S/C20H23NOS.H3O4P/c1-15-10-11-18(17-8-5-4-7-16(15)17)22-19(12-13-21(2)3)20-9-6-14-23-20;1-5(2,3)4/h4-11,14,19H,12-13H2,1-3H3;(H3,1,2,3,4). The van der Waals surface area contributed by atoms with Gasteiger partial charge in [0.25, 0.3) is 0 Å². The van der Waals surface area contributed by atoms with Gasteiger partial charge in [-0.2, -0.15) is 0 Å². The molecule has 0 aliphatic rings. The van der Waals surface area contributed by atoms with E-state index in [4.69, 9.17) is 24.0 Å². The van der Waals surface area contributed by atoms with Crippen LogP contribution in [0.5, 0.6) is 5.75 Å². The monoisotopic (exact) mass is 423 g/mol. The zero-order chi connectivity index (χ0) is 20.7. The number of benzene rings is 2. The van der Waals surface area contributed by atoms with Gasteiger partial charge in [-0.15, -0.1) is 11.3 Å². The second kappa shape index (κ2) is 10.2. The first kappa shape index (κ1) is 22.6. The quantitative estimate of drug-likeness (QED) is 0.511. The van der Waals surface area contributed by atoms with E-state index >= 15 is 0 Å². The van der Waals surface area contributed by atoms with Gasteiger partial charge in [0.05, 0.1) is 0 Å². The van der Waals surface area contributed by atoms with Crippen LogP contribution in [0.3, 0.4) is 0 Å². The molecule has 3 N–H and O–H groups in total. The lowest BCUT2D eigenvalue weighted by atomic mass is 10.0. The lowest BCUT2D eigenvalue weighted by Crippen LogP contribution is -2.18. The molecule has 0 saturated heterocycles. The normalized spacial score (nSPS) is 12.5. The summed E-state index contributed by atoms with van der Waals surface area (Å²) < 4.78 is 15.3. The average molecular weight is 423 g/mol. The summed E-state index contributed by atoms with van der Waals surface area (Å²) in [4.78, 5) is 25.1. The van der Waals surface area contributed by atoms with E-state index in [0.29, 0.717) is 0 Å². The summed E-state index contributed by atoms with van der Waals surface area (Å²) in [6.45, 7) is 3.15. The Morgan fingerprint density at radius 2 is 1.68 bits per heavy atom. The van der Waals surface area contributed by atoms with E-state index in [9.17, 15) is 0 Å². The van der Waals surface area contributed by atoms with Gasteiger partial charge < -0.3 is 24.3 Å². The van der Waals surface area contributed by atoms with Gasteiger partial charge in [0.15, 0.2) is 0 Å². The van der Waals surface area contributed by atoms with Gasteiger partial charge in [-0.25, -0.2) is 4.57 Å². The van der Waals surface area contributed by atoms with E-state index in [-0.39, 0.29) is 6.10 Å². The van der Waals surface area contributed by atoms with E-state index < -0.39 is 7.82 Å². The molecule has 2 aromatic carbocycles. The van der Waals surface area contributed by atoms with Crippen molar-refractivity contribution in [2.45, 2.75) is 19.4 Å². The van der Waals surface area contributed by atoms with Gasteiger partial charge in [-0.05, 0) is 49.5 Å². The minimum atomic E-state index is -4.64. The molecule has 0 aliphatic carbocycles. The second-order valence-corrected chi connectivity index (χ2v) is 8.66. The van der Waals surface area contributed by atoms with Crippen LogP contribution in [-0.2, 0) is 4.57 Å². The number of ether oxygens (including phenoxy) is 1. The maximum absolute atomic E-state index is 8.88. The first-order valence-electron chi connectivity index (χ1n) is 8.76. The second-order valence-electron chi connectivity index (χ2n) is 6.65. The summed E-state index contributed by atoms with van der Waals surface area (Å²) in [5.41, 5.74) is 1.29. The average Bonchev–Trinajstić information content (AvgIpc) is 3.13. The highest BCUT2D eigenvalue weighted by Crippen LogP contribution is 2.34. The van der Waals surface area contributed by atoms with Crippen LogP contribution in [0.4, 0.5) is 0 Å². The molecule has 0 amide bonds. The Morgan fingerprint density at radius 1 is 1.04 bits per heavy atom. The summed E-state index contributed by atoms with van der Waals surface area (Å²) in [5.74, 6) is 0.975.